The number of hydrogen-bond acceptors (Lipinski definition) is 4. The molecule has 0 aliphatic rings. The first-order valence-corrected chi connectivity index (χ1v) is 6.27. The van der Waals surface area contributed by atoms with Crippen LogP contribution < -0.4 is 10.1 Å². The Morgan fingerprint density at radius 3 is 2.68 bits per heavy atom. The number of rotatable bonds is 6. The Morgan fingerprint density at radius 2 is 2.16 bits per heavy atom. The van der Waals surface area contributed by atoms with E-state index in [2.05, 4.69) is 5.32 Å². The van der Waals surface area contributed by atoms with Gasteiger partial charge >= 0.3 is 0 Å². The third-order valence-electron chi connectivity index (χ3n) is 2.70. The van der Waals surface area contributed by atoms with E-state index < -0.39 is 12.2 Å². The van der Waals surface area contributed by atoms with E-state index >= 15 is 0 Å². The predicted molar refractivity (Wildman–Crippen MR) is 72.3 cm³/mol. The van der Waals surface area contributed by atoms with Crippen LogP contribution in [0.3, 0.4) is 0 Å². The number of aliphatic hydroxyl groups is 2. The number of nitrogens with one attached hydrogen (secondary N) is 1. The number of ether oxygens (including phenoxy) is 1. The van der Waals surface area contributed by atoms with Crippen LogP contribution in [-0.2, 0) is 4.79 Å². The van der Waals surface area contributed by atoms with Crippen molar-refractivity contribution in [2.24, 2.45) is 0 Å². The average Bonchev–Trinajstić information content (AvgIpc) is 2.37. The lowest BCUT2D eigenvalue weighted by atomic mass is 10.0. The summed E-state index contributed by atoms with van der Waals surface area (Å²) in [5.74, 6) is 0.333. The molecule has 0 saturated heterocycles. The Morgan fingerprint density at radius 1 is 1.47 bits per heavy atom. The largest absolute Gasteiger partial charge is 0.495 e. The summed E-state index contributed by atoms with van der Waals surface area (Å²) < 4.78 is 5.01. The summed E-state index contributed by atoms with van der Waals surface area (Å²) in [7, 11) is 1.50. The fourth-order valence-corrected chi connectivity index (χ4v) is 1.91. The summed E-state index contributed by atoms with van der Waals surface area (Å²) in [5, 5.41) is 22.7. The molecule has 1 aromatic rings. The van der Waals surface area contributed by atoms with Crippen molar-refractivity contribution in [3.8, 4) is 5.75 Å². The molecule has 0 spiro atoms. The number of amides is 1. The quantitative estimate of drug-likeness (QED) is 0.736. The van der Waals surface area contributed by atoms with E-state index in [-0.39, 0.29) is 12.3 Å². The van der Waals surface area contributed by atoms with Gasteiger partial charge < -0.3 is 20.3 Å². The molecule has 0 saturated carbocycles. The van der Waals surface area contributed by atoms with Gasteiger partial charge in [-0.25, -0.2) is 0 Å². The van der Waals surface area contributed by atoms with Crippen molar-refractivity contribution in [2.75, 3.05) is 13.7 Å². The Bertz CT molecular complexity index is 439. The molecule has 5 nitrogen and oxygen atoms in total. The SMILES string of the molecule is COc1ccc(C(O)C(O)CCNC(C)=O)cc1Cl. The molecule has 1 amide bonds. The fourth-order valence-electron chi connectivity index (χ4n) is 1.64. The van der Waals surface area contributed by atoms with E-state index in [1.165, 1.54) is 14.0 Å². The minimum atomic E-state index is -1.06. The van der Waals surface area contributed by atoms with Crippen molar-refractivity contribution in [1.29, 1.82) is 0 Å². The maximum atomic E-state index is 10.7. The maximum absolute atomic E-state index is 10.7. The molecule has 0 aliphatic carbocycles. The second kappa shape index (κ2) is 7.33. The number of halogens is 1. The molecule has 2 unspecified atom stereocenters. The van der Waals surface area contributed by atoms with Gasteiger partial charge in [-0.1, -0.05) is 17.7 Å². The normalized spacial score (nSPS) is 13.7. The molecule has 0 fully saturated rings. The molecule has 0 radical (unpaired) electrons. The van der Waals surface area contributed by atoms with Gasteiger partial charge in [0.05, 0.1) is 18.2 Å². The number of hydrogen-bond donors (Lipinski definition) is 3. The van der Waals surface area contributed by atoms with Gasteiger partial charge in [-0.2, -0.15) is 0 Å². The standard InChI is InChI=1S/C13H18ClNO4/c1-8(16)15-6-5-11(17)13(18)9-3-4-12(19-2)10(14)7-9/h3-4,7,11,13,17-18H,5-6H2,1-2H3,(H,15,16). The lowest BCUT2D eigenvalue weighted by Crippen LogP contribution is -2.27. The van der Waals surface area contributed by atoms with E-state index in [0.29, 0.717) is 22.9 Å². The van der Waals surface area contributed by atoms with Crippen LogP contribution >= 0.6 is 11.6 Å². The summed E-state index contributed by atoms with van der Waals surface area (Å²) >= 11 is 5.95. The highest BCUT2D eigenvalue weighted by molar-refractivity contribution is 6.32. The number of carbonyl (C=O) groups is 1. The molecule has 0 heterocycles. The molecule has 0 bridgehead atoms. The summed E-state index contributed by atoms with van der Waals surface area (Å²) in [6.45, 7) is 1.70. The van der Waals surface area contributed by atoms with Crippen molar-refractivity contribution in [3.63, 3.8) is 0 Å². The highest BCUT2D eigenvalue weighted by Crippen LogP contribution is 2.29. The molecule has 19 heavy (non-hydrogen) atoms. The van der Waals surface area contributed by atoms with Crippen LogP contribution in [0.5, 0.6) is 5.75 Å². The lowest BCUT2D eigenvalue weighted by molar-refractivity contribution is -0.119. The predicted octanol–water partition coefficient (Wildman–Crippen LogP) is 1.27. The second-order valence-electron chi connectivity index (χ2n) is 4.18. The zero-order valence-corrected chi connectivity index (χ0v) is 11.6. The third kappa shape index (κ3) is 4.70. The van der Waals surface area contributed by atoms with Crippen LogP contribution in [0.15, 0.2) is 18.2 Å². The third-order valence-corrected chi connectivity index (χ3v) is 2.99. The Balaban J connectivity index is 2.63. The van der Waals surface area contributed by atoms with Crippen LogP contribution in [0.4, 0.5) is 0 Å². The van der Waals surface area contributed by atoms with Crippen molar-refractivity contribution >= 4 is 17.5 Å². The van der Waals surface area contributed by atoms with Crippen LogP contribution in [0.1, 0.15) is 25.0 Å². The lowest BCUT2D eigenvalue weighted by Gasteiger charge is -2.19. The topological polar surface area (TPSA) is 78.8 Å². The van der Waals surface area contributed by atoms with Crippen molar-refractivity contribution in [3.05, 3.63) is 28.8 Å². The van der Waals surface area contributed by atoms with Gasteiger partial charge in [0, 0.05) is 13.5 Å². The van der Waals surface area contributed by atoms with Crippen molar-refractivity contribution in [2.45, 2.75) is 25.6 Å². The number of methoxy groups -OCH3 is 1. The average molecular weight is 288 g/mol. The Hall–Kier alpha value is -1.30. The Labute approximate surface area is 117 Å². The number of carbonyl (C=O) groups excluding carboxylic acids is 1. The van der Waals surface area contributed by atoms with Gasteiger partial charge in [0.1, 0.15) is 11.9 Å². The molecule has 3 N–H and O–H groups in total. The summed E-state index contributed by atoms with van der Waals surface area (Å²) in [6, 6.07) is 4.81. The zero-order chi connectivity index (χ0) is 14.4. The van der Waals surface area contributed by atoms with Gasteiger partial charge in [-0.15, -0.1) is 0 Å². The molecule has 1 rings (SSSR count). The van der Waals surface area contributed by atoms with E-state index in [1.807, 2.05) is 0 Å². The van der Waals surface area contributed by atoms with Gasteiger partial charge in [0.15, 0.2) is 0 Å². The minimum Gasteiger partial charge on any atom is -0.495 e. The number of benzene rings is 1. The smallest absolute Gasteiger partial charge is 0.216 e. The molecular weight excluding hydrogens is 270 g/mol. The van der Waals surface area contributed by atoms with Crippen LogP contribution in [0.25, 0.3) is 0 Å². The second-order valence-corrected chi connectivity index (χ2v) is 4.59. The number of aliphatic hydroxyl groups excluding tert-OH is 2. The molecule has 6 heteroatoms. The molecule has 106 valence electrons. The first-order valence-electron chi connectivity index (χ1n) is 5.89. The van der Waals surface area contributed by atoms with Crippen LogP contribution in [0, 0.1) is 0 Å². The summed E-state index contributed by atoms with van der Waals surface area (Å²) in [6.07, 6.45) is -1.78. The Kier molecular flexibility index (Phi) is 6.08. The molecule has 2 atom stereocenters. The van der Waals surface area contributed by atoms with Gasteiger partial charge in [0.25, 0.3) is 0 Å². The zero-order valence-electron chi connectivity index (χ0n) is 10.9. The van der Waals surface area contributed by atoms with E-state index in [0.717, 1.165) is 0 Å². The van der Waals surface area contributed by atoms with E-state index in [9.17, 15) is 15.0 Å². The van der Waals surface area contributed by atoms with Crippen molar-refractivity contribution < 1.29 is 19.7 Å². The van der Waals surface area contributed by atoms with Crippen LogP contribution in [0.2, 0.25) is 5.02 Å². The molecule has 0 aliphatic heterocycles. The molecule has 0 aromatic heterocycles. The highest BCUT2D eigenvalue weighted by atomic mass is 35.5. The fraction of sp³-hybridized carbons (Fsp3) is 0.462. The first kappa shape index (κ1) is 15.8. The first-order chi connectivity index (χ1) is 8.95. The van der Waals surface area contributed by atoms with Crippen molar-refractivity contribution in [1.82, 2.24) is 5.32 Å². The summed E-state index contributed by atoms with van der Waals surface area (Å²) in [5.41, 5.74) is 0.501. The monoisotopic (exact) mass is 287 g/mol. The molecule has 1 aromatic carbocycles. The van der Waals surface area contributed by atoms with Gasteiger partial charge in [-0.3, -0.25) is 4.79 Å². The summed E-state index contributed by atoms with van der Waals surface area (Å²) in [4.78, 5) is 10.7. The van der Waals surface area contributed by atoms with Crippen LogP contribution in [-0.4, -0.2) is 35.9 Å². The van der Waals surface area contributed by atoms with Gasteiger partial charge in [-0.05, 0) is 24.1 Å². The van der Waals surface area contributed by atoms with E-state index in [4.69, 9.17) is 16.3 Å². The highest BCUT2D eigenvalue weighted by Gasteiger charge is 2.19. The van der Waals surface area contributed by atoms with E-state index in [1.54, 1.807) is 18.2 Å². The maximum Gasteiger partial charge on any atom is 0.216 e. The minimum absolute atomic E-state index is 0.172. The molecular formula is C13H18ClNO4. The van der Waals surface area contributed by atoms with Gasteiger partial charge in [0.2, 0.25) is 5.91 Å².